The molecule has 3 N–H and O–H groups in total. The lowest BCUT2D eigenvalue weighted by molar-refractivity contribution is -0.146. The Balaban J connectivity index is 1.44. The molecule has 0 spiro atoms. The van der Waals surface area contributed by atoms with Crippen molar-refractivity contribution in [2.45, 2.75) is 51.5 Å². The quantitative estimate of drug-likeness (QED) is 0.645. The molecule has 4 aliphatic rings. The Labute approximate surface area is 173 Å². The Bertz CT molecular complexity index is 916. The minimum Gasteiger partial charge on any atom is -0.481 e. The predicted molar refractivity (Wildman–Crippen MR) is 110 cm³/mol. The zero-order chi connectivity index (χ0) is 20.3. The number of fused-ring (bicyclic) bond motifs is 3. The van der Waals surface area contributed by atoms with Gasteiger partial charge in [0, 0.05) is 10.9 Å². The Kier molecular flexibility index (Phi) is 4.53. The Morgan fingerprint density at radius 3 is 2.52 bits per heavy atom. The van der Waals surface area contributed by atoms with Gasteiger partial charge >= 0.3 is 5.97 Å². The second-order valence-electron chi connectivity index (χ2n) is 9.13. The van der Waals surface area contributed by atoms with Crippen LogP contribution in [0.4, 0.5) is 5.00 Å². The molecular formula is C22H26N2O4S. The van der Waals surface area contributed by atoms with Crippen LogP contribution in [0.3, 0.4) is 0 Å². The van der Waals surface area contributed by atoms with Crippen molar-refractivity contribution in [1.82, 2.24) is 5.32 Å². The van der Waals surface area contributed by atoms with Crippen LogP contribution in [0.2, 0.25) is 0 Å². The standard InChI is InChI=1S/C22H26N2O4S/c1-10-2-7-14-15(8-10)29-21(18(14)20(26)23-13-5-6-13)24-19(25)16-11-3-4-12(9-11)17(16)22(27)28/h3-4,10-13,16-17H,2,5-9H2,1H3,(H,23,26)(H,24,25)(H,27,28)/t10-,11+,12-,16+,17-/m0/s1. The fraction of sp³-hybridized carbons (Fsp3) is 0.591. The van der Waals surface area contributed by atoms with E-state index < -0.39 is 17.8 Å². The van der Waals surface area contributed by atoms with Crippen LogP contribution in [0.1, 0.15) is 53.4 Å². The van der Waals surface area contributed by atoms with Crippen molar-refractivity contribution >= 4 is 34.1 Å². The van der Waals surface area contributed by atoms with Crippen molar-refractivity contribution in [1.29, 1.82) is 0 Å². The lowest BCUT2D eigenvalue weighted by Crippen LogP contribution is -2.36. The van der Waals surface area contributed by atoms with Crippen molar-refractivity contribution in [2.75, 3.05) is 5.32 Å². The topological polar surface area (TPSA) is 95.5 Å². The molecule has 2 bridgehead atoms. The number of nitrogens with one attached hydrogen (secondary N) is 2. The van der Waals surface area contributed by atoms with Gasteiger partial charge < -0.3 is 15.7 Å². The zero-order valence-corrected chi connectivity index (χ0v) is 17.3. The molecule has 0 saturated heterocycles. The molecule has 0 radical (unpaired) electrons. The molecule has 2 amide bonds. The smallest absolute Gasteiger partial charge is 0.307 e. The number of carbonyl (C=O) groups excluding carboxylic acids is 2. The van der Waals surface area contributed by atoms with Gasteiger partial charge in [-0.05, 0) is 61.8 Å². The summed E-state index contributed by atoms with van der Waals surface area (Å²) in [5.41, 5.74) is 1.69. The highest BCUT2D eigenvalue weighted by molar-refractivity contribution is 7.17. The number of carbonyl (C=O) groups is 3. The van der Waals surface area contributed by atoms with E-state index in [1.54, 1.807) is 0 Å². The number of anilines is 1. The fourth-order valence-electron chi connectivity index (χ4n) is 5.28. The maximum Gasteiger partial charge on any atom is 0.307 e. The minimum atomic E-state index is -0.909. The number of thiophene rings is 1. The highest BCUT2D eigenvalue weighted by atomic mass is 32.1. The third kappa shape index (κ3) is 3.29. The molecule has 1 aromatic heterocycles. The molecule has 1 aromatic rings. The van der Waals surface area contributed by atoms with Crippen LogP contribution in [0.5, 0.6) is 0 Å². The molecule has 0 unspecified atom stereocenters. The second kappa shape index (κ2) is 6.97. The van der Waals surface area contributed by atoms with Crippen LogP contribution < -0.4 is 10.6 Å². The van der Waals surface area contributed by atoms with E-state index in [0.29, 0.717) is 16.5 Å². The van der Waals surface area contributed by atoms with Gasteiger partial charge in [0.05, 0.1) is 17.4 Å². The molecular weight excluding hydrogens is 388 g/mol. The Morgan fingerprint density at radius 1 is 1.10 bits per heavy atom. The third-order valence-corrected chi connectivity index (χ3v) is 8.10. The van der Waals surface area contributed by atoms with Crippen molar-refractivity contribution < 1.29 is 19.5 Å². The number of hydrogen-bond acceptors (Lipinski definition) is 4. The maximum atomic E-state index is 13.2. The maximum absolute atomic E-state index is 13.2. The van der Waals surface area contributed by atoms with E-state index in [0.717, 1.165) is 44.1 Å². The summed E-state index contributed by atoms with van der Waals surface area (Å²) in [5.74, 6) is -2.05. The van der Waals surface area contributed by atoms with E-state index in [1.807, 2.05) is 12.2 Å². The van der Waals surface area contributed by atoms with Gasteiger partial charge in [0.2, 0.25) is 5.91 Å². The summed E-state index contributed by atoms with van der Waals surface area (Å²) in [6.07, 6.45) is 9.48. The number of carboxylic acid groups (broad SMARTS) is 1. The molecule has 0 aliphatic heterocycles. The fourth-order valence-corrected chi connectivity index (χ4v) is 6.69. The summed E-state index contributed by atoms with van der Waals surface area (Å²) >= 11 is 1.50. The predicted octanol–water partition coefficient (Wildman–Crippen LogP) is 3.23. The highest BCUT2D eigenvalue weighted by Gasteiger charge is 2.52. The number of allylic oxidation sites excluding steroid dienone is 2. The summed E-state index contributed by atoms with van der Waals surface area (Å²) in [4.78, 5) is 39.1. The van der Waals surface area contributed by atoms with E-state index in [9.17, 15) is 19.5 Å². The van der Waals surface area contributed by atoms with Crippen LogP contribution in [-0.2, 0) is 22.4 Å². The average Bonchev–Trinajstić information content (AvgIpc) is 3.11. The Morgan fingerprint density at radius 2 is 1.83 bits per heavy atom. The van der Waals surface area contributed by atoms with Crippen molar-refractivity contribution in [3.63, 3.8) is 0 Å². The van der Waals surface area contributed by atoms with Gasteiger partial charge in [-0.2, -0.15) is 0 Å². The third-order valence-electron chi connectivity index (χ3n) is 6.94. The van der Waals surface area contributed by atoms with Crippen LogP contribution in [0.25, 0.3) is 0 Å². The lowest BCUT2D eigenvalue weighted by atomic mass is 9.82. The van der Waals surface area contributed by atoms with Gasteiger partial charge in [-0.1, -0.05) is 19.1 Å². The molecule has 4 aliphatic carbocycles. The second-order valence-corrected chi connectivity index (χ2v) is 10.2. The average molecular weight is 415 g/mol. The number of hydrogen-bond donors (Lipinski definition) is 3. The van der Waals surface area contributed by atoms with Crippen molar-refractivity contribution in [3.05, 3.63) is 28.2 Å². The van der Waals surface area contributed by atoms with Crippen LogP contribution in [0.15, 0.2) is 12.2 Å². The molecule has 1 heterocycles. The van der Waals surface area contributed by atoms with E-state index in [2.05, 4.69) is 17.6 Å². The van der Waals surface area contributed by atoms with Crippen molar-refractivity contribution in [3.8, 4) is 0 Å². The summed E-state index contributed by atoms with van der Waals surface area (Å²) < 4.78 is 0. The minimum absolute atomic E-state index is 0.0283. The summed E-state index contributed by atoms with van der Waals surface area (Å²) in [6.45, 7) is 2.21. The monoisotopic (exact) mass is 414 g/mol. The van der Waals surface area contributed by atoms with Crippen LogP contribution in [0, 0.1) is 29.6 Å². The lowest BCUT2D eigenvalue weighted by Gasteiger charge is -2.23. The molecule has 154 valence electrons. The zero-order valence-electron chi connectivity index (χ0n) is 16.4. The molecule has 2 fully saturated rings. The Hall–Kier alpha value is -2.15. The van der Waals surface area contributed by atoms with Gasteiger partial charge in [-0.3, -0.25) is 14.4 Å². The first-order valence-corrected chi connectivity index (χ1v) is 11.4. The molecule has 2 saturated carbocycles. The van der Waals surface area contributed by atoms with Gasteiger partial charge in [-0.15, -0.1) is 11.3 Å². The summed E-state index contributed by atoms with van der Waals surface area (Å²) in [6, 6.07) is 0.246. The number of rotatable bonds is 5. The van der Waals surface area contributed by atoms with E-state index in [4.69, 9.17) is 0 Å². The SMILES string of the molecule is C[C@H]1CCc2c(sc(NC(=O)[C@H]3[C@@H](C(=O)O)[C@H]4C=C[C@@H]3C4)c2C(=O)NC2CC2)C1. The van der Waals surface area contributed by atoms with E-state index >= 15 is 0 Å². The molecule has 5 atom stereocenters. The van der Waals surface area contributed by atoms with E-state index in [-0.39, 0.29) is 29.7 Å². The first-order valence-electron chi connectivity index (χ1n) is 10.6. The molecule has 6 nitrogen and oxygen atoms in total. The number of carboxylic acids is 1. The largest absolute Gasteiger partial charge is 0.481 e. The van der Waals surface area contributed by atoms with Crippen LogP contribution in [-0.4, -0.2) is 28.9 Å². The number of aliphatic carboxylic acids is 1. The van der Waals surface area contributed by atoms with Crippen molar-refractivity contribution in [2.24, 2.45) is 29.6 Å². The van der Waals surface area contributed by atoms with E-state index in [1.165, 1.54) is 16.2 Å². The first kappa shape index (κ1) is 18.9. The molecule has 0 aromatic carbocycles. The molecule has 7 heteroatoms. The van der Waals surface area contributed by atoms with Gasteiger partial charge in [0.1, 0.15) is 5.00 Å². The molecule has 5 rings (SSSR count). The summed E-state index contributed by atoms with van der Waals surface area (Å²) in [7, 11) is 0. The van der Waals surface area contributed by atoms with Crippen LogP contribution >= 0.6 is 11.3 Å². The first-order chi connectivity index (χ1) is 13.9. The highest BCUT2D eigenvalue weighted by Crippen LogP contribution is 2.49. The molecule has 29 heavy (non-hydrogen) atoms. The van der Waals surface area contributed by atoms with Gasteiger partial charge in [0.15, 0.2) is 0 Å². The number of amides is 2. The van der Waals surface area contributed by atoms with Gasteiger partial charge in [-0.25, -0.2) is 0 Å². The normalized spacial score (nSPS) is 32.1. The van der Waals surface area contributed by atoms with Gasteiger partial charge in [0.25, 0.3) is 5.91 Å². The summed E-state index contributed by atoms with van der Waals surface area (Å²) in [5, 5.41) is 16.3.